The lowest BCUT2D eigenvalue weighted by molar-refractivity contribution is 0.0936. The van der Waals surface area contributed by atoms with Crippen LogP contribution in [0.5, 0.6) is 11.5 Å². The molecule has 130 valence electrons. The smallest absolute Gasteiger partial charge is 0.191 e. The van der Waals surface area contributed by atoms with E-state index in [0.717, 1.165) is 24.0 Å². The van der Waals surface area contributed by atoms with Gasteiger partial charge in [0.2, 0.25) is 0 Å². The molecule has 0 aliphatic carbocycles. The number of hydrogen-bond donors (Lipinski definition) is 2. The standard InChI is InChI=1S/C17H27N3O2.HI/c1-4-13(5-2)10-19-17(18-3)20-11-14-12-21-15-8-6-7-9-16(15)22-14;/h6-9,13-14H,4-5,10-12H2,1-3H3,(H2,18,19,20);1H. The number of rotatable bonds is 6. The summed E-state index contributed by atoms with van der Waals surface area (Å²) in [5, 5.41) is 6.68. The van der Waals surface area contributed by atoms with Gasteiger partial charge in [-0.05, 0) is 18.1 Å². The largest absolute Gasteiger partial charge is 0.486 e. The van der Waals surface area contributed by atoms with Gasteiger partial charge in [0.15, 0.2) is 17.5 Å². The Morgan fingerprint density at radius 1 is 1.22 bits per heavy atom. The number of para-hydroxylation sites is 2. The van der Waals surface area contributed by atoms with Crippen LogP contribution in [0.3, 0.4) is 0 Å². The third kappa shape index (κ3) is 6.08. The second-order valence-electron chi connectivity index (χ2n) is 5.51. The zero-order chi connectivity index (χ0) is 15.8. The maximum Gasteiger partial charge on any atom is 0.191 e. The summed E-state index contributed by atoms with van der Waals surface area (Å²) in [5.74, 6) is 3.12. The molecule has 1 aromatic carbocycles. The summed E-state index contributed by atoms with van der Waals surface area (Å²) in [7, 11) is 1.79. The minimum Gasteiger partial charge on any atom is -0.486 e. The molecule has 1 unspecified atom stereocenters. The lowest BCUT2D eigenvalue weighted by atomic mass is 10.0. The Morgan fingerprint density at radius 2 is 1.91 bits per heavy atom. The van der Waals surface area contributed by atoms with Gasteiger partial charge in [0.05, 0.1) is 6.54 Å². The average Bonchev–Trinajstić information content (AvgIpc) is 2.58. The fourth-order valence-corrected chi connectivity index (χ4v) is 2.41. The molecular weight excluding hydrogens is 405 g/mol. The van der Waals surface area contributed by atoms with E-state index in [0.29, 0.717) is 19.1 Å². The van der Waals surface area contributed by atoms with E-state index in [1.54, 1.807) is 7.05 Å². The minimum absolute atomic E-state index is 0. The molecule has 0 aromatic heterocycles. The van der Waals surface area contributed by atoms with Gasteiger partial charge in [-0.2, -0.15) is 0 Å². The highest BCUT2D eigenvalue weighted by Crippen LogP contribution is 2.30. The van der Waals surface area contributed by atoms with Crippen LogP contribution >= 0.6 is 24.0 Å². The van der Waals surface area contributed by atoms with Gasteiger partial charge in [-0.25, -0.2) is 0 Å². The molecule has 6 heteroatoms. The highest BCUT2D eigenvalue weighted by molar-refractivity contribution is 14.0. The van der Waals surface area contributed by atoms with Crippen molar-refractivity contribution < 1.29 is 9.47 Å². The van der Waals surface area contributed by atoms with Crippen molar-refractivity contribution in [3.05, 3.63) is 24.3 Å². The number of halogens is 1. The van der Waals surface area contributed by atoms with E-state index in [9.17, 15) is 0 Å². The van der Waals surface area contributed by atoms with Crippen LogP contribution in [0.2, 0.25) is 0 Å². The van der Waals surface area contributed by atoms with Gasteiger partial charge < -0.3 is 20.1 Å². The van der Waals surface area contributed by atoms with Crippen LogP contribution < -0.4 is 20.1 Å². The van der Waals surface area contributed by atoms with E-state index in [-0.39, 0.29) is 30.1 Å². The first kappa shape index (κ1) is 19.9. The van der Waals surface area contributed by atoms with Crippen LogP contribution in [0.4, 0.5) is 0 Å². The van der Waals surface area contributed by atoms with Crippen LogP contribution in [-0.4, -0.2) is 38.8 Å². The molecule has 2 rings (SSSR count). The number of hydrogen-bond acceptors (Lipinski definition) is 3. The number of nitrogens with one attached hydrogen (secondary N) is 2. The summed E-state index contributed by atoms with van der Waals surface area (Å²) in [4.78, 5) is 4.26. The van der Waals surface area contributed by atoms with E-state index < -0.39 is 0 Å². The molecule has 0 saturated heterocycles. The second-order valence-corrected chi connectivity index (χ2v) is 5.51. The third-order valence-electron chi connectivity index (χ3n) is 4.00. The van der Waals surface area contributed by atoms with Crippen molar-refractivity contribution in [2.24, 2.45) is 10.9 Å². The molecule has 0 fully saturated rings. The Labute approximate surface area is 156 Å². The summed E-state index contributed by atoms with van der Waals surface area (Å²) in [6.45, 7) is 6.59. The van der Waals surface area contributed by atoms with E-state index in [1.165, 1.54) is 12.8 Å². The third-order valence-corrected chi connectivity index (χ3v) is 4.00. The average molecular weight is 433 g/mol. The predicted octanol–water partition coefficient (Wildman–Crippen LogP) is 3.05. The minimum atomic E-state index is -0.0124. The lowest BCUT2D eigenvalue weighted by Crippen LogP contribution is -2.46. The number of nitrogens with zero attached hydrogens (tertiary/aromatic N) is 1. The molecule has 5 nitrogen and oxygen atoms in total. The van der Waals surface area contributed by atoms with Crippen molar-refractivity contribution in [2.75, 3.05) is 26.7 Å². The highest BCUT2D eigenvalue weighted by atomic mass is 127. The predicted molar refractivity (Wildman–Crippen MR) is 105 cm³/mol. The van der Waals surface area contributed by atoms with Crippen molar-refractivity contribution in [3.8, 4) is 11.5 Å². The first-order chi connectivity index (χ1) is 10.8. The number of fused-ring (bicyclic) bond motifs is 1. The summed E-state index contributed by atoms with van der Waals surface area (Å²) in [5.41, 5.74) is 0. The van der Waals surface area contributed by atoms with Gasteiger partial charge in [0, 0.05) is 13.6 Å². The molecule has 0 spiro atoms. The van der Waals surface area contributed by atoms with Gasteiger partial charge in [0.25, 0.3) is 0 Å². The molecule has 23 heavy (non-hydrogen) atoms. The summed E-state index contributed by atoms with van der Waals surface area (Å²) < 4.78 is 11.6. The number of aliphatic imine (C=N–C) groups is 1. The molecule has 1 aromatic rings. The molecule has 0 saturated carbocycles. The Balaban J connectivity index is 0.00000264. The quantitative estimate of drug-likeness (QED) is 0.412. The molecule has 1 aliphatic rings. The molecule has 1 aliphatic heterocycles. The highest BCUT2D eigenvalue weighted by Gasteiger charge is 2.20. The normalized spacial score (nSPS) is 16.7. The zero-order valence-electron chi connectivity index (χ0n) is 14.2. The van der Waals surface area contributed by atoms with E-state index >= 15 is 0 Å². The fraction of sp³-hybridized carbons (Fsp3) is 0.588. The van der Waals surface area contributed by atoms with Crippen molar-refractivity contribution in [3.63, 3.8) is 0 Å². The van der Waals surface area contributed by atoms with E-state index in [2.05, 4.69) is 29.5 Å². The summed E-state index contributed by atoms with van der Waals surface area (Å²) >= 11 is 0. The molecular formula is C17H28IN3O2. The number of benzene rings is 1. The van der Waals surface area contributed by atoms with Crippen molar-refractivity contribution in [1.29, 1.82) is 0 Å². The van der Waals surface area contributed by atoms with Crippen LogP contribution in [0.25, 0.3) is 0 Å². The SMILES string of the molecule is CCC(CC)CNC(=NC)NCC1COc2ccccc2O1.I. The van der Waals surface area contributed by atoms with Crippen molar-refractivity contribution in [2.45, 2.75) is 32.8 Å². The molecule has 0 radical (unpaired) electrons. The topological polar surface area (TPSA) is 54.9 Å². The Kier molecular flexibility index (Phi) is 9.13. The Morgan fingerprint density at radius 3 is 2.57 bits per heavy atom. The zero-order valence-corrected chi connectivity index (χ0v) is 16.5. The molecule has 1 atom stereocenters. The first-order valence-electron chi connectivity index (χ1n) is 8.09. The van der Waals surface area contributed by atoms with Crippen molar-refractivity contribution >= 4 is 29.9 Å². The Bertz CT molecular complexity index is 492. The second kappa shape index (κ2) is 10.6. The van der Waals surface area contributed by atoms with Crippen molar-refractivity contribution in [1.82, 2.24) is 10.6 Å². The number of guanidine groups is 1. The van der Waals surface area contributed by atoms with Gasteiger partial charge in [-0.1, -0.05) is 38.8 Å². The molecule has 0 bridgehead atoms. The van der Waals surface area contributed by atoms with Crippen LogP contribution in [0.15, 0.2) is 29.3 Å². The van der Waals surface area contributed by atoms with Gasteiger partial charge in [-0.15, -0.1) is 24.0 Å². The summed E-state index contributed by atoms with van der Waals surface area (Å²) in [6, 6.07) is 7.76. The van der Waals surface area contributed by atoms with E-state index in [1.807, 2.05) is 24.3 Å². The monoisotopic (exact) mass is 433 g/mol. The number of ether oxygens (including phenoxy) is 2. The van der Waals surface area contributed by atoms with Gasteiger partial charge >= 0.3 is 0 Å². The molecule has 0 amide bonds. The van der Waals surface area contributed by atoms with Crippen LogP contribution in [0, 0.1) is 5.92 Å². The van der Waals surface area contributed by atoms with Crippen LogP contribution in [0.1, 0.15) is 26.7 Å². The van der Waals surface area contributed by atoms with E-state index in [4.69, 9.17) is 9.47 Å². The maximum atomic E-state index is 5.92. The maximum absolute atomic E-state index is 5.92. The molecule has 1 heterocycles. The molecule has 2 N–H and O–H groups in total. The fourth-order valence-electron chi connectivity index (χ4n) is 2.41. The first-order valence-corrected chi connectivity index (χ1v) is 8.09. The Hall–Kier alpha value is -1.18. The lowest BCUT2D eigenvalue weighted by Gasteiger charge is -2.27. The summed E-state index contributed by atoms with van der Waals surface area (Å²) in [6.07, 6.45) is 2.34. The van der Waals surface area contributed by atoms with Gasteiger partial charge in [0.1, 0.15) is 12.7 Å². The van der Waals surface area contributed by atoms with Crippen LogP contribution in [-0.2, 0) is 0 Å². The van der Waals surface area contributed by atoms with Gasteiger partial charge in [-0.3, -0.25) is 4.99 Å².